The van der Waals surface area contributed by atoms with Gasteiger partial charge in [-0.1, -0.05) is 23.2 Å². The Morgan fingerprint density at radius 3 is 2.79 bits per heavy atom. The summed E-state index contributed by atoms with van der Waals surface area (Å²) >= 11 is 12.9. The second-order valence-corrected chi connectivity index (χ2v) is 6.28. The molecule has 1 amide bonds. The molecule has 1 aromatic carbocycles. The van der Waals surface area contributed by atoms with Crippen LogP contribution in [0.1, 0.15) is 24.3 Å². The largest absolute Gasteiger partial charge is 0.479 e. The fraction of sp³-hybridized carbons (Fsp3) is 0.267. The maximum atomic E-state index is 12.1. The lowest BCUT2D eigenvalue weighted by molar-refractivity contribution is -0.122. The van der Waals surface area contributed by atoms with Crippen molar-refractivity contribution in [3.8, 4) is 5.75 Å². The van der Waals surface area contributed by atoms with Crippen LogP contribution >= 0.6 is 34.5 Å². The number of carbonyl (C=O) groups excluding carboxylic acids is 2. The third-order valence-corrected chi connectivity index (χ3v) is 4.07. The van der Waals surface area contributed by atoms with Gasteiger partial charge < -0.3 is 9.47 Å². The minimum absolute atomic E-state index is 0.145. The molecule has 128 valence electrons. The number of nitrogens with zero attached hydrogens (tertiary/aromatic N) is 1. The number of hydrogen-bond acceptors (Lipinski definition) is 6. The van der Waals surface area contributed by atoms with E-state index in [2.05, 4.69) is 10.3 Å². The predicted octanol–water partition coefficient (Wildman–Crippen LogP) is 4.03. The average Bonchev–Trinajstić information content (AvgIpc) is 2.98. The van der Waals surface area contributed by atoms with Crippen LogP contribution in [0.25, 0.3) is 0 Å². The summed E-state index contributed by atoms with van der Waals surface area (Å²) in [6.07, 6.45) is -0.821. The Kier molecular flexibility index (Phi) is 6.42. The first-order chi connectivity index (χ1) is 11.4. The molecule has 9 heteroatoms. The molecule has 1 heterocycles. The second kappa shape index (κ2) is 8.32. The van der Waals surface area contributed by atoms with E-state index in [1.54, 1.807) is 26.0 Å². The van der Waals surface area contributed by atoms with Gasteiger partial charge in [0.25, 0.3) is 5.91 Å². The molecular formula is C15H14Cl2N2O4S. The number of anilines is 1. The molecule has 0 fully saturated rings. The fourth-order valence-electron chi connectivity index (χ4n) is 1.65. The smallest absolute Gasteiger partial charge is 0.357 e. The van der Waals surface area contributed by atoms with E-state index < -0.39 is 18.0 Å². The number of halogens is 2. The highest BCUT2D eigenvalue weighted by Crippen LogP contribution is 2.28. The summed E-state index contributed by atoms with van der Waals surface area (Å²) in [6, 6.07) is 4.71. The third-order valence-electron chi connectivity index (χ3n) is 2.79. The van der Waals surface area contributed by atoms with Crippen LogP contribution in [0.3, 0.4) is 0 Å². The van der Waals surface area contributed by atoms with E-state index in [9.17, 15) is 9.59 Å². The number of esters is 1. The van der Waals surface area contributed by atoms with E-state index >= 15 is 0 Å². The molecule has 0 aliphatic rings. The van der Waals surface area contributed by atoms with Crippen LogP contribution < -0.4 is 10.1 Å². The molecule has 1 N–H and O–H groups in total. The average molecular weight is 389 g/mol. The number of hydrogen-bond donors (Lipinski definition) is 1. The normalized spacial score (nSPS) is 11.7. The Bertz CT molecular complexity index is 751. The first-order valence-corrected chi connectivity index (χ1v) is 8.59. The molecule has 0 aliphatic carbocycles. The van der Waals surface area contributed by atoms with E-state index in [1.807, 2.05) is 0 Å². The molecule has 0 saturated carbocycles. The van der Waals surface area contributed by atoms with Crippen LogP contribution in [0.2, 0.25) is 10.0 Å². The molecule has 0 spiro atoms. The minimum atomic E-state index is -0.821. The maximum Gasteiger partial charge on any atom is 0.357 e. The van der Waals surface area contributed by atoms with Gasteiger partial charge in [-0.05, 0) is 32.0 Å². The van der Waals surface area contributed by atoms with Gasteiger partial charge in [0.1, 0.15) is 5.75 Å². The summed E-state index contributed by atoms with van der Waals surface area (Å²) in [5.74, 6) is -0.618. The van der Waals surface area contributed by atoms with Crippen LogP contribution in [-0.2, 0) is 9.53 Å². The van der Waals surface area contributed by atoms with Crippen molar-refractivity contribution < 1.29 is 19.1 Å². The van der Waals surface area contributed by atoms with Gasteiger partial charge in [0.05, 0.1) is 11.6 Å². The van der Waals surface area contributed by atoms with Crippen molar-refractivity contribution in [1.29, 1.82) is 0 Å². The molecule has 0 aliphatic heterocycles. The van der Waals surface area contributed by atoms with Gasteiger partial charge in [0, 0.05) is 10.4 Å². The molecular weight excluding hydrogens is 375 g/mol. The number of aromatic nitrogens is 1. The Hall–Kier alpha value is -1.83. The molecule has 1 aromatic heterocycles. The highest BCUT2D eigenvalue weighted by Gasteiger charge is 2.19. The fourth-order valence-corrected chi connectivity index (χ4v) is 2.79. The van der Waals surface area contributed by atoms with E-state index in [-0.39, 0.29) is 17.4 Å². The second-order valence-electron chi connectivity index (χ2n) is 4.58. The Morgan fingerprint density at radius 1 is 1.38 bits per heavy atom. The topological polar surface area (TPSA) is 77.5 Å². The number of ether oxygens (including phenoxy) is 2. The van der Waals surface area contributed by atoms with E-state index in [0.717, 1.165) is 11.3 Å². The van der Waals surface area contributed by atoms with Crippen LogP contribution in [-0.4, -0.2) is 29.6 Å². The highest BCUT2D eigenvalue weighted by atomic mass is 35.5. The Balaban J connectivity index is 1.97. The zero-order valence-electron chi connectivity index (χ0n) is 12.8. The number of thiazole rings is 1. The van der Waals surface area contributed by atoms with Crippen molar-refractivity contribution in [3.05, 3.63) is 39.3 Å². The van der Waals surface area contributed by atoms with Crippen molar-refractivity contribution in [3.63, 3.8) is 0 Å². The number of nitrogens with one attached hydrogen (secondary N) is 1. The number of benzene rings is 1. The van der Waals surface area contributed by atoms with Crippen LogP contribution in [0, 0.1) is 0 Å². The molecule has 6 nitrogen and oxygen atoms in total. The summed E-state index contributed by atoms with van der Waals surface area (Å²) in [7, 11) is 0. The van der Waals surface area contributed by atoms with Gasteiger partial charge >= 0.3 is 5.97 Å². The van der Waals surface area contributed by atoms with Gasteiger partial charge in [0.15, 0.2) is 16.9 Å². The van der Waals surface area contributed by atoms with Gasteiger partial charge in [-0.15, -0.1) is 11.3 Å². The van der Waals surface area contributed by atoms with Crippen molar-refractivity contribution in [2.45, 2.75) is 20.0 Å². The molecule has 0 bridgehead atoms. The maximum absolute atomic E-state index is 12.1. The van der Waals surface area contributed by atoms with Gasteiger partial charge in [-0.3, -0.25) is 10.1 Å². The molecule has 1 atom stereocenters. The minimum Gasteiger partial charge on any atom is -0.479 e. The quantitative estimate of drug-likeness (QED) is 0.755. The number of rotatable bonds is 6. The number of carbonyl (C=O) groups is 2. The van der Waals surface area contributed by atoms with Crippen molar-refractivity contribution in [2.24, 2.45) is 0 Å². The number of amides is 1. The highest BCUT2D eigenvalue weighted by molar-refractivity contribution is 7.14. The lowest BCUT2D eigenvalue weighted by Gasteiger charge is -2.14. The van der Waals surface area contributed by atoms with Crippen LogP contribution in [0.4, 0.5) is 5.13 Å². The Morgan fingerprint density at radius 2 is 2.12 bits per heavy atom. The standard InChI is InChI=1S/C15H14Cl2N2O4S/c1-3-22-14(21)11-7-24-15(18-11)19-13(20)8(2)23-12-5-4-9(16)6-10(12)17/h4-8H,3H2,1-2H3,(H,18,19,20). The third kappa shape index (κ3) is 4.83. The monoisotopic (exact) mass is 388 g/mol. The molecule has 1 unspecified atom stereocenters. The van der Waals surface area contributed by atoms with Gasteiger partial charge in [0.2, 0.25) is 0 Å². The van der Waals surface area contributed by atoms with E-state index in [0.29, 0.717) is 15.8 Å². The summed E-state index contributed by atoms with van der Waals surface area (Å²) in [5, 5.41) is 5.14. The SMILES string of the molecule is CCOC(=O)c1csc(NC(=O)C(C)Oc2ccc(Cl)cc2Cl)n1. The molecule has 0 radical (unpaired) electrons. The summed E-state index contributed by atoms with van der Waals surface area (Å²) in [6.45, 7) is 3.53. The van der Waals surface area contributed by atoms with Crippen LogP contribution in [0.15, 0.2) is 23.6 Å². The van der Waals surface area contributed by atoms with Gasteiger partial charge in [-0.2, -0.15) is 0 Å². The molecule has 2 aromatic rings. The van der Waals surface area contributed by atoms with Crippen molar-refractivity contribution in [1.82, 2.24) is 4.98 Å². The Labute approximate surface area is 152 Å². The summed E-state index contributed by atoms with van der Waals surface area (Å²) in [4.78, 5) is 27.7. The van der Waals surface area contributed by atoms with Crippen molar-refractivity contribution >= 4 is 51.5 Å². The lowest BCUT2D eigenvalue weighted by Crippen LogP contribution is -2.30. The van der Waals surface area contributed by atoms with Gasteiger partial charge in [-0.25, -0.2) is 9.78 Å². The first kappa shape index (κ1) is 18.5. The predicted molar refractivity (Wildman–Crippen MR) is 93.3 cm³/mol. The van der Waals surface area contributed by atoms with E-state index in [1.165, 1.54) is 11.4 Å². The van der Waals surface area contributed by atoms with Crippen molar-refractivity contribution in [2.75, 3.05) is 11.9 Å². The summed E-state index contributed by atoms with van der Waals surface area (Å²) < 4.78 is 10.3. The van der Waals surface area contributed by atoms with E-state index in [4.69, 9.17) is 32.7 Å². The zero-order chi connectivity index (χ0) is 17.7. The van der Waals surface area contributed by atoms with Crippen LogP contribution in [0.5, 0.6) is 5.75 Å². The molecule has 0 saturated heterocycles. The molecule has 2 rings (SSSR count). The molecule has 24 heavy (non-hydrogen) atoms. The first-order valence-electron chi connectivity index (χ1n) is 6.96. The summed E-state index contributed by atoms with van der Waals surface area (Å²) in [5.41, 5.74) is 0.145. The zero-order valence-corrected chi connectivity index (χ0v) is 15.2. The lowest BCUT2D eigenvalue weighted by atomic mass is 10.3.